The minimum atomic E-state index is -0.502. The summed E-state index contributed by atoms with van der Waals surface area (Å²) in [5.41, 5.74) is 4.91. The Labute approximate surface area is 194 Å². The molecule has 0 fully saturated rings. The largest absolute Gasteiger partial charge is 0.497 e. The van der Waals surface area contributed by atoms with Crippen molar-refractivity contribution in [2.24, 2.45) is 5.10 Å². The van der Waals surface area contributed by atoms with Crippen molar-refractivity contribution in [3.05, 3.63) is 100 Å². The summed E-state index contributed by atoms with van der Waals surface area (Å²) in [7, 11) is 1.60. The van der Waals surface area contributed by atoms with Gasteiger partial charge in [-0.2, -0.15) is 5.10 Å². The van der Waals surface area contributed by atoms with E-state index in [2.05, 4.69) is 26.5 Å². The zero-order valence-corrected chi connectivity index (χ0v) is 18.9. The van der Waals surface area contributed by atoms with Gasteiger partial charge in [0, 0.05) is 10.5 Å². The standard InChI is InChI=1S/C25H21BrN2O4/c1-31-22-12-7-18(8-13-22)9-14-25(30)32-23-4-2-3-20(15-23)17-27-28-24(29)16-19-5-10-21(26)11-6-19/h2-15,17H,16H2,1H3,(H,28,29)/b14-9+,27-17+. The van der Waals surface area contributed by atoms with Crippen LogP contribution in [0.2, 0.25) is 0 Å². The maximum atomic E-state index is 12.1. The first-order chi connectivity index (χ1) is 15.5. The third-order valence-corrected chi connectivity index (χ3v) is 4.81. The van der Waals surface area contributed by atoms with Gasteiger partial charge in [0.25, 0.3) is 0 Å². The van der Waals surface area contributed by atoms with Crippen LogP contribution in [0, 0.1) is 0 Å². The summed E-state index contributed by atoms with van der Waals surface area (Å²) in [4.78, 5) is 24.1. The van der Waals surface area contributed by atoms with Crippen molar-refractivity contribution in [3.63, 3.8) is 0 Å². The monoisotopic (exact) mass is 492 g/mol. The van der Waals surface area contributed by atoms with Crippen molar-refractivity contribution in [2.45, 2.75) is 6.42 Å². The molecule has 1 amide bonds. The Kier molecular flexibility index (Phi) is 8.34. The van der Waals surface area contributed by atoms with Gasteiger partial charge in [0.15, 0.2) is 0 Å². The van der Waals surface area contributed by atoms with Gasteiger partial charge in [-0.1, -0.05) is 52.3 Å². The minimum Gasteiger partial charge on any atom is -0.497 e. The first-order valence-electron chi connectivity index (χ1n) is 9.72. The molecule has 7 heteroatoms. The fourth-order valence-corrected chi connectivity index (χ4v) is 2.96. The minimum absolute atomic E-state index is 0.225. The predicted octanol–water partition coefficient (Wildman–Crippen LogP) is 4.77. The number of esters is 1. The summed E-state index contributed by atoms with van der Waals surface area (Å²) in [6.07, 6.45) is 4.73. The van der Waals surface area contributed by atoms with Gasteiger partial charge in [0.1, 0.15) is 11.5 Å². The van der Waals surface area contributed by atoms with Crippen LogP contribution in [0.5, 0.6) is 11.5 Å². The van der Waals surface area contributed by atoms with E-state index in [0.717, 1.165) is 21.3 Å². The molecule has 3 aromatic rings. The molecule has 3 rings (SSSR count). The fraction of sp³-hybridized carbons (Fsp3) is 0.0800. The Morgan fingerprint density at radius 3 is 2.44 bits per heavy atom. The number of hydrogen-bond acceptors (Lipinski definition) is 5. The van der Waals surface area contributed by atoms with Crippen molar-refractivity contribution in [3.8, 4) is 11.5 Å². The lowest BCUT2D eigenvalue weighted by molar-refractivity contribution is -0.129. The zero-order valence-electron chi connectivity index (χ0n) is 17.3. The normalized spacial score (nSPS) is 10.9. The average molecular weight is 493 g/mol. The van der Waals surface area contributed by atoms with Gasteiger partial charge in [-0.05, 0) is 59.2 Å². The Morgan fingerprint density at radius 2 is 1.72 bits per heavy atom. The van der Waals surface area contributed by atoms with Gasteiger partial charge < -0.3 is 9.47 Å². The van der Waals surface area contributed by atoms with Crippen molar-refractivity contribution in [1.29, 1.82) is 0 Å². The fourth-order valence-electron chi connectivity index (χ4n) is 2.69. The zero-order chi connectivity index (χ0) is 22.8. The molecule has 0 aliphatic rings. The Balaban J connectivity index is 1.51. The van der Waals surface area contributed by atoms with Crippen LogP contribution in [0.1, 0.15) is 16.7 Å². The molecule has 32 heavy (non-hydrogen) atoms. The summed E-state index contributed by atoms with van der Waals surface area (Å²) >= 11 is 3.36. The summed E-state index contributed by atoms with van der Waals surface area (Å²) < 4.78 is 11.4. The number of hydrogen-bond donors (Lipinski definition) is 1. The number of hydrazone groups is 1. The average Bonchev–Trinajstić information content (AvgIpc) is 2.80. The number of benzene rings is 3. The summed E-state index contributed by atoms with van der Waals surface area (Å²) in [5.74, 6) is 0.389. The third-order valence-electron chi connectivity index (χ3n) is 4.29. The molecule has 0 unspecified atom stereocenters. The van der Waals surface area contributed by atoms with Crippen LogP contribution < -0.4 is 14.9 Å². The van der Waals surface area contributed by atoms with Crippen LogP contribution in [0.15, 0.2) is 88.4 Å². The second-order valence-corrected chi connectivity index (χ2v) is 7.61. The Morgan fingerprint density at radius 1 is 0.969 bits per heavy atom. The highest BCUT2D eigenvalue weighted by atomic mass is 79.9. The van der Waals surface area contributed by atoms with Crippen molar-refractivity contribution < 1.29 is 19.1 Å². The smallest absolute Gasteiger partial charge is 0.336 e. The van der Waals surface area contributed by atoms with E-state index < -0.39 is 5.97 Å². The second-order valence-electron chi connectivity index (χ2n) is 6.70. The molecule has 0 aliphatic heterocycles. The first kappa shape index (κ1) is 23.0. The summed E-state index contributed by atoms with van der Waals surface area (Å²) in [5, 5.41) is 3.97. The number of amides is 1. The van der Waals surface area contributed by atoms with E-state index in [0.29, 0.717) is 11.3 Å². The molecular formula is C25H21BrN2O4. The second kappa shape index (κ2) is 11.6. The number of carbonyl (C=O) groups excluding carboxylic acids is 2. The molecular weight excluding hydrogens is 472 g/mol. The van der Waals surface area contributed by atoms with Gasteiger partial charge in [0.05, 0.1) is 19.7 Å². The number of nitrogens with zero attached hydrogens (tertiary/aromatic N) is 1. The quantitative estimate of drug-likeness (QED) is 0.161. The lowest BCUT2D eigenvalue weighted by atomic mass is 10.1. The molecule has 3 aromatic carbocycles. The van der Waals surface area contributed by atoms with Crippen molar-refractivity contribution in [1.82, 2.24) is 5.43 Å². The van der Waals surface area contributed by atoms with E-state index in [1.165, 1.54) is 12.3 Å². The molecule has 0 bridgehead atoms. The number of methoxy groups -OCH3 is 1. The van der Waals surface area contributed by atoms with E-state index in [1.54, 1.807) is 37.5 Å². The molecule has 0 atom stereocenters. The lowest BCUT2D eigenvalue weighted by Crippen LogP contribution is -2.19. The number of halogens is 1. The van der Waals surface area contributed by atoms with Crippen LogP contribution in [-0.4, -0.2) is 25.2 Å². The number of carbonyl (C=O) groups is 2. The lowest BCUT2D eigenvalue weighted by Gasteiger charge is -2.03. The molecule has 6 nitrogen and oxygen atoms in total. The highest BCUT2D eigenvalue weighted by Crippen LogP contribution is 2.15. The van der Waals surface area contributed by atoms with Gasteiger partial charge in [-0.3, -0.25) is 4.79 Å². The molecule has 0 saturated heterocycles. The van der Waals surface area contributed by atoms with Gasteiger partial charge in [-0.15, -0.1) is 0 Å². The molecule has 0 aromatic heterocycles. The van der Waals surface area contributed by atoms with E-state index in [1.807, 2.05) is 48.5 Å². The maximum absolute atomic E-state index is 12.1. The van der Waals surface area contributed by atoms with Crippen LogP contribution in [-0.2, 0) is 16.0 Å². The molecule has 0 heterocycles. The van der Waals surface area contributed by atoms with E-state index in [-0.39, 0.29) is 12.3 Å². The highest BCUT2D eigenvalue weighted by Gasteiger charge is 2.03. The highest BCUT2D eigenvalue weighted by molar-refractivity contribution is 9.10. The molecule has 1 N–H and O–H groups in total. The van der Waals surface area contributed by atoms with Crippen molar-refractivity contribution in [2.75, 3.05) is 7.11 Å². The van der Waals surface area contributed by atoms with Crippen LogP contribution in [0.4, 0.5) is 0 Å². The maximum Gasteiger partial charge on any atom is 0.336 e. The molecule has 0 saturated carbocycles. The predicted molar refractivity (Wildman–Crippen MR) is 128 cm³/mol. The topological polar surface area (TPSA) is 77.0 Å². The van der Waals surface area contributed by atoms with Gasteiger partial charge in [-0.25, -0.2) is 10.2 Å². The molecule has 0 aliphatic carbocycles. The first-order valence-corrected chi connectivity index (χ1v) is 10.5. The summed E-state index contributed by atoms with van der Waals surface area (Å²) in [6.45, 7) is 0. The Bertz CT molecular complexity index is 1120. The molecule has 0 spiro atoms. The number of ether oxygens (including phenoxy) is 2. The molecule has 0 radical (unpaired) electrons. The van der Waals surface area contributed by atoms with E-state index in [4.69, 9.17) is 9.47 Å². The van der Waals surface area contributed by atoms with Crippen LogP contribution in [0.3, 0.4) is 0 Å². The van der Waals surface area contributed by atoms with Crippen LogP contribution >= 0.6 is 15.9 Å². The van der Waals surface area contributed by atoms with Gasteiger partial charge in [0.2, 0.25) is 5.91 Å². The van der Waals surface area contributed by atoms with Crippen LogP contribution in [0.25, 0.3) is 6.08 Å². The number of rotatable bonds is 8. The van der Waals surface area contributed by atoms with E-state index >= 15 is 0 Å². The number of nitrogens with one attached hydrogen (secondary N) is 1. The molecule has 162 valence electrons. The van der Waals surface area contributed by atoms with E-state index in [9.17, 15) is 9.59 Å². The third kappa shape index (κ3) is 7.52. The van der Waals surface area contributed by atoms with Gasteiger partial charge >= 0.3 is 5.97 Å². The summed E-state index contributed by atoms with van der Waals surface area (Å²) in [6, 6.07) is 21.6. The van der Waals surface area contributed by atoms with Crippen molar-refractivity contribution >= 4 is 40.1 Å². The SMILES string of the molecule is COc1ccc(/C=C/C(=O)Oc2cccc(/C=N/NC(=O)Cc3ccc(Br)cc3)c2)cc1. The Hall–Kier alpha value is -3.71.